The van der Waals surface area contributed by atoms with Gasteiger partial charge in [-0.05, 0) is 29.2 Å². The molecule has 0 atom stereocenters. The highest BCUT2D eigenvalue weighted by molar-refractivity contribution is 5.91. The lowest BCUT2D eigenvalue weighted by Gasteiger charge is -2.10. The van der Waals surface area contributed by atoms with E-state index in [-0.39, 0.29) is 18.0 Å². The number of nitro groups is 1. The van der Waals surface area contributed by atoms with Gasteiger partial charge in [-0.3, -0.25) is 14.9 Å². The van der Waals surface area contributed by atoms with E-state index >= 15 is 0 Å². The molecule has 3 aromatic rings. The predicted molar refractivity (Wildman–Crippen MR) is 110 cm³/mol. The van der Waals surface area contributed by atoms with Crippen molar-refractivity contribution < 1.29 is 14.5 Å². The Morgan fingerprint density at radius 2 is 1.97 bits per heavy atom. The molecule has 10 heteroatoms. The third kappa shape index (κ3) is 4.59. The van der Waals surface area contributed by atoms with E-state index in [0.717, 1.165) is 5.56 Å². The van der Waals surface area contributed by atoms with E-state index in [1.54, 1.807) is 6.92 Å². The van der Waals surface area contributed by atoms with Crippen LogP contribution in [0.15, 0.2) is 36.4 Å². The topological polar surface area (TPSA) is 125 Å². The number of carbonyl (C=O) groups excluding carboxylic acids is 1. The highest BCUT2D eigenvalue weighted by atomic mass is 16.6. The van der Waals surface area contributed by atoms with Gasteiger partial charge in [-0.2, -0.15) is 4.80 Å². The number of nitrogens with one attached hydrogen (secondary N) is 1. The lowest BCUT2D eigenvalue weighted by molar-refractivity contribution is -0.385. The van der Waals surface area contributed by atoms with Crippen LogP contribution in [0.5, 0.6) is 5.75 Å². The van der Waals surface area contributed by atoms with Crippen LogP contribution in [0.1, 0.15) is 30.9 Å². The second-order valence-electron chi connectivity index (χ2n) is 7.06. The van der Waals surface area contributed by atoms with Crippen LogP contribution in [0.3, 0.4) is 0 Å². The van der Waals surface area contributed by atoms with Crippen molar-refractivity contribution in [1.29, 1.82) is 0 Å². The predicted octanol–water partition coefficient (Wildman–Crippen LogP) is 3.33. The minimum atomic E-state index is -0.536. The molecule has 0 radical (unpaired) electrons. The van der Waals surface area contributed by atoms with Gasteiger partial charge in [0.1, 0.15) is 6.54 Å². The van der Waals surface area contributed by atoms with Crippen molar-refractivity contribution >= 4 is 17.3 Å². The Labute approximate surface area is 173 Å². The maximum absolute atomic E-state index is 12.4. The van der Waals surface area contributed by atoms with E-state index in [0.29, 0.717) is 23.0 Å². The third-order valence-electron chi connectivity index (χ3n) is 4.57. The van der Waals surface area contributed by atoms with Gasteiger partial charge in [0.25, 0.3) is 0 Å². The second-order valence-corrected chi connectivity index (χ2v) is 7.06. The molecule has 10 nitrogen and oxygen atoms in total. The normalized spacial score (nSPS) is 10.8. The Bertz CT molecular complexity index is 1080. The minimum absolute atomic E-state index is 0.0620. The lowest BCUT2D eigenvalue weighted by atomic mass is 10.0. The number of methoxy groups -OCH3 is 1. The van der Waals surface area contributed by atoms with Crippen molar-refractivity contribution in [2.75, 3.05) is 12.4 Å². The number of benzene rings is 2. The second kappa shape index (κ2) is 8.68. The van der Waals surface area contributed by atoms with Gasteiger partial charge < -0.3 is 10.1 Å². The van der Waals surface area contributed by atoms with Crippen molar-refractivity contribution in [2.45, 2.75) is 33.2 Å². The Morgan fingerprint density at radius 1 is 1.27 bits per heavy atom. The average Bonchev–Trinajstić information content (AvgIpc) is 3.17. The first-order valence-electron chi connectivity index (χ1n) is 9.29. The molecule has 0 unspecified atom stereocenters. The van der Waals surface area contributed by atoms with Gasteiger partial charge >= 0.3 is 5.69 Å². The SMILES string of the molecule is COc1cc(NC(=O)Cn2nnc(-c3ccc(C(C)C)cc3)n2)c(C)cc1[N+](=O)[O-]. The summed E-state index contributed by atoms with van der Waals surface area (Å²) in [4.78, 5) is 24.2. The van der Waals surface area contributed by atoms with Crippen molar-refractivity contribution in [3.05, 3.63) is 57.6 Å². The standard InChI is InChI=1S/C20H22N6O4/c1-12(2)14-5-7-15(8-6-14)20-22-24-25(23-20)11-19(27)21-16-10-18(30-4)17(26(28)29)9-13(16)3/h5-10,12H,11H2,1-4H3,(H,21,27). The summed E-state index contributed by atoms with van der Waals surface area (Å²) < 4.78 is 5.04. The number of aryl methyl sites for hydroxylation is 1. The number of tetrazole rings is 1. The molecule has 0 aliphatic carbocycles. The fourth-order valence-electron chi connectivity index (χ4n) is 2.87. The maximum atomic E-state index is 12.4. The van der Waals surface area contributed by atoms with Gasteiger partial charge in [0.2, 0.25) is 11.7 Å². The Kier molecular flexibility index (Phi) is 6.05. The molecule has 0 aliphatic rings. The number of ether oxygens (including phenoxy) is 1. The summed E-state index contributed by atoms with van der Waals surface area (Å²) in [5.41, 5.74) is 2.79. The zero-order valence-corrected chi connectivity index (χ0v) is 17.1. The van der Waals surface area contributed by atoms with Crippen LogP contribution in [-0.2, 0) is 11.3 Å². The third-order valence-corrected chi connectivity index (χ3v) is 4.57. The maximum Gasteiger partial charge on any atom is 0.311 e. The van der Waals surface area contributed by atoms with Gasteiger partial charge in [-0.15, -0.1) is 10.2 Å². The molecule has 0 fully saturated rings. The van der Waals surface area contributed by atoms with Crippen molar-refractivity contribution in [2.24, 2.45) is 0 Å². The van der Waals surface area contributed by atoms with Crippen LogP contribution in [0.25, 0.3) is 11.4 Å². The number of hydrogen-bond acceptors (Lipinski definition) is 7. The monoisotopic (exact) mass is 410 g/mol. The van der Waals surface area contributed by atoms with E-state index in [2.05, 4.69) is 34.6 Å². The summed E-state index contributed by atoms with van der Waals surface area (Å²) in [6, 6.07) is 10.6. The van der Waals surface area contributed by atoms with Gasteiger partial charge in [-0.1, -0.05) is 38.1 Å². The summed E-state index contributed by atoms with van der Waals surface area (Å²) in [5, 5.41) is 26.0. The van der Waals surface area contributed by atoms with Gasteiger partial charge in [-0.25, -0.2) is 0 Å². The first kappa shape index (κ1) is 20.9. The molecule has 1 aromatic heterocycles. The van der Waals surface area contributed by atoms with E-state index in [1.807, 2.05) is 24.3 Å². The largest absolute Gasteiger partial charge is 0.490 e. The first-order chi connectivity index (χ1) is 14.3. The van der Waals surface area contributed by atoms with Crippen LogP contribution in [0.2, 0.25) is 0 Å². The molecule has 1 heterocycles. The van der Waals surface area contributed by atoms with Crippen molar-refractivity contribution in [1.82, 2.24) is 20.2 Å². The summed E-state index contributed by atoms with van der Waals surface area (Å²) >= 11 is 0. The Morgan fingerprint density at radius 3 is 2.57 bits per heavy atom. The van der Waals surface area contributed by atoms with Crippen LogP contribution < -0.4 is 10.1 Å². The van der Waals surface area contributed by atoms with Crippen LogP contribution >= 0.6 is 0 Å². The van der Waals surface area contributed by atoms with Crippen molar-refractivity contribution in [3.8, 4) is 17.1 Å². The number of anilines is 1. The van der Waals surface area contributed by atoms with E-state index in [1.165, 1.54) is 29.6 Å². The van der Waals surface area contributed by atoms with E-state index in [4.69, 9.17) is 4.74 Å². The number of rotatable bonds is 7. The number of nitro benzene ring substituents is 1. The molecule has 30 heavy (non-hydrogen) atoms. The minimum Gasteiger partial charge on any atom is -0.490 e. The van der Waals surface area contributed by atoms with Crippen molar-refractivity contribution in [3.63, 3.8) is 0 Å². The van der Waals surface area contributed by atoms with E-state index in [9.17, 15) is 14.9 Å². The molecule has 156 valence electrons. The molecule has 1 N–H and O–H groups in total. The molecule has 0 bridgehead atoms. The number of aromatic nitrogens is 4. The highest BCUT2D eigenvalue weighted by Crippen LogP contribution is 2.32. The zero-order chi connectivity index (χ0) is 21.8. The molecule has 1 amide bonds. The Balaban J connectivity index is 1.71. The van der Waals surface area contributed by atoms with Crippen LogP contribution in [0.4, 0.5) is 11.4 Å². The highest BCUT2D eigenvalue weighted by Gasteiger charge is 2.19. The molecule has 0 aliphatic heterocycles. The van der Waals surface area contributed by atoms with Crippen LogP contribution in [0, 0.1) is 17.0 Å². The summed E-state index contributed by atoms with van der Waals surface area (Å²) in [7, 11) is 1.33. The first-order valence-corrected chi connectivity index (χ1v) is 9.29. The fraction of sp³-hybridized carbons (Fsp3) is 0.300. The number of carbonyl (C=O) groups is 1. The van der Waals surface area contributed by atoms with Gasteiger partial charge in [0.15, 0.2) is 5.75 Å². The lowest BCUT2D eigenvalue weighted by Crippen LogP contribution is -2.21. The summed E-state index contributed by atoms with van der Waals surface area (Å²) in [5.74, 6) is 0.513. The Hall–Kier alpha value is -3.82. The molecule has 0 saturated heterocycles. The van der Waals surface area contributed by atoms with E-state index < -0.39 is 10.8 Å². The summed E-state index contributed by atoms with van der Waals surface area (Å²) in [6.45, 7) is 5.74. The number of amides is 1. The molecule has 0 spiro atoms. The quantitative estimate of drug-likeness (QED) is 0.468. The average molecular weight is 410 g/mol. The van der Waals surface area contributed by atoms with Crippen LogP contribution in [-0.4, -0.2) is 38.1 Å². The number of nitrogens with zero attached hydrogens (tertiary/aromatic N) is 5. The summed E-state index contributed by atoms with van der Waals surface area (Å²) in [6.07, 6.45) is 0. The molecule has 0 saturated carbocycles. The molecular formula is C20H22N6O4. The smallest absolute Gasteiger partial charge is 0.311 e. The van der Waals surface area contributed by atoms with Gasteiger partial charge in [0.05, 0.1) is 12.0 Å². The molecule has 2 aromatic carbocycles. The molecular weight excluding hydrogens is 388 g/mol. The zero-order valence-electron chi connectivity index (χ0n) is 17.1. The molecule has 3 rings (SSSR count). The fourth-order valence-corrected chi connectivity index (χ4v) is 2.87. The number of hydrogen-bond donors (Lipinski definition) is 1. The van der Waals surface area contributed by atoms with Gasteiger partial charge in [0, 0.05) is 23.4 Å².